The highest BCUT2D eigenvalue weighted by atomic mass is 32.1. The molecule has 1 atom stereocenters. The second-order valence-electron chi connectivity index (χ2n) is 7.38. The van der Waals surface area contributed by atoms with E-state index in [9.17, 15) is 9.59 Å². The van der Waals surface area contributed by atoms with Gasteiger partial charge in [-0.2, -0.15) is 0 Å². The number of imidazole rings is 1. The number of hydrogen-bond donors (Lipinski definition) is 2. The number of anilines is 1. The lowest BCUT2D eigenvalue weighted by molar-refractivity contribution is -0.121. The number of nitrogens with zero attached hydrogens (tertiary/aromatic N) is 3. The summed E-state index contributed by atoms with van der Waals surface area (Å²) in [4.78, 5) is 38.6. The Bertz CT molecular complexity index is 976. The first-order chi connectivity index (χ1) is 13.5. The fourth-order valence-corrected chi connectivity index (χ4v) is 4.28. The Morgan fingerprint density at radius 3 is 2.86 bits per heavy atom. The zero-order chi connectivity index (χ0) is 19.7. The van der Waals surface area contributed by atoms with Gasteiger partial charge in [0.25, 0.3) is 0 Å². The SMILES string of the molecule is CC(C)C(NC(=O)Cc1csc(N2CCCC2=O)n1)c1nc2ccccc2[nH]1. The van der Waals surface area contributed by atoms with Crippen molar-refractivity contribution in [2.75, 3.05) is 11.4 Å². The average molecular weight is 398 g/mol. The van der Waals surface area contributed by atoms with Crippen LogP contribution >= 0.6 is 11.3 Å². The van der Waals surface area contributed by atoms with Gasteiger partial charge in [0.05, 0.1) is 29.2 Å². The topological polar surface area (TPSA) is 91.0 Å². The van der Waals surface area contributed by atoms with Crippen LogP contribution < -0.4 is 10.2 Å². The van der Waals surface area contributed by atoms with Crippen LogP contribution in [0.2, 0.25) is 0 Å². The van der Waals surface area contributed by atoms with Crippen LogP contribution in [0, 0.1) is 5.92 Å². The molecule has 0 spiro atoms. The van der Waals surface area contributed by atoms with Crippen LogP contribution in [0.1, 0.15) is 44.2 Å². The maximum atomic E-state index is 12.6. The molecule has 3 heterocycles. The standard InChI is InChI=1S/C20H23N5O2S/c1-12(2)18(19-22-14-6-3-4-7-15(14)23-19)24-16(26)10-13-11-28-20(21-13)25-9-5-8-17(25)27/h3-4,6-7,11-12,18H,5,8-10H2,1-2H3,(H,22,23)(H,24,26). The molecular weight excluding hydrogens is 374 g/mol. The summed E-state index contributed by atoms with van der Waals surface area (Å²) >= 11 is 1.41. The summed E-state index contributed by atoms with van der Waals surface area (Å²) in [6, 6.07) is 7.61. The summed E-state index contributed by atoms with van der Waals surface area (Å²) in [5, 5.41) is 5.62. The second kappa shape index (κ2) is 7.71. The molecule has 7 nitrogen and oxygen atoms in total. The normalized spacial score (nSPS) is 15.5. The Kier molecular flexibility index (Phi) is 5.13. The van der Waals surface area contributed by atoms with Crippen molar-refractivity contribution in [1.82, 2.24) is 20.3 Å². The summed E-state index contributed by atoms with van der Waals surface area (Å²) in [6.45, 7) is 4.82. The zero-order valence-electron chi connectivity index (χ0n) is 15.9. The lowest BCUT2D eigenvalue weighted by Crippen LogP contribution is -2.33. The molecule has 146 valence electrons. The lowest BCUT2D eigenvalue weighted by Gasteiger charge is -2.20. The number of thiazole rings is 1. The number of carbonyl (C=O) groups excluding carboxylic acids is 2. The predicted octanol–water partition coefficient (Wildman–Crippen LogP) is 3.20. The number of rotatable bonds is 6. The van der Waals surface area contributed by atoms with E-state index in [1.165, 1.54) is 11.3 Å². The maximum absolute atomic E-state index is 12.6. The zero-order valence-corrected chi connectivity index (χ0v) is 16.8. The van der Waals surface area contributed by atoms with Gasteiger partial charge in [0.1, 0.15) is 5.82 Å². The molecule has 0 saturated carbocycles. The van der Waals surface area contributed by atoms with Crippen LogP contribution in [0.25, 0.3) is 11.0 Å². The van der Waals surface area contributed by atoms with Crippen LogP contribution in [0.4, 0.5) is 5.13 Å². The summed E-state index contributed by atoms with van der Waals surface area (Å²) in [6.07, 6.45) is 1.62. The number of H-pyrrole nitrogens is 1. The number of fused-ring (bicyclic) bond motifs is 1. The van der Waals surface area contributed by atoms with Crippen LogP contribution in [0.5, 0.6) is 0 Å². The predicted molar refractivity (Wildman–Crippen MR) is 109 cm³/mol. The number of nitrogens with one attached hydrogen (secondary N) is 2. The molecule has 1 unspecified atom stereocenters. The summed E-state index contributed by atoms with van der Waals surface area (Å²) in [5.41, 5.74) is 2.53. The molecule has 1 aliphatic heterocycles. The molecule has 2 amide bonds. The molecular formula is C20H23N5O2S. The van der Waals surface area contributed by atoms with Crippen molar-refractivity contribution in [3.63, 3.8) is 0 Å². The van der Waals surface area contributed by atoms with Gasteiger partial charge in [0, 0.05) is 18.3 Å². The second-order valence-corrected chi connectivity index (χ2v) is 8.21. The fraction of sp³-hybridized carbons (Fsp3) is 0.400. The van der Waals surface area contributed by atoms with E-state index in [2.05, 4.69) is 34.1 Å². The van der Waals surface area contributed by atoms with Crippen molar-refractivity contribution in [1.29, 1.82) is 0 Å². The van der Waals surface area contributed by atoms with Crippen molar-refractivity contribution in [3.05, 3.63) is 41.2 Å². The van der Waals surface area contributed by atoms with E-state index in [0.29, 0.717) is 23.8 Å². The molecule has 2 aromatic heterocycles. The summed E-state index contributed by atoms with van der Waals surface area (Å²) < 4.78 is 0. The molecule has 2 N–H and O–H groups in total. The van der Waals surface area contributed by atoms with Gasteiger partial charge in [-0.15, -0.1) is 11.3 Å². The quantitative estimate of drug-likeness (QED) is 0.668. The van der Waals surface area contributed by atoms with Crippen LogP contribution in [0.3, 0.4) is 0 Å². The first kappa shape index (κ1) is 18.6. The molecule has 1 saturated heterocycles. The molecule has 0 radical (unpaired) electrons. The van der Waals surface area contributed by atoms with E-state index in [0.717, 1.165) is 23.3 Å². The Morgan fingerprint density at radius 1 is 1.32 bits per heavy atom. The number of benzene rings is 1. The van der Waals surface area contributed by atoms with Crippen LogP contribution in [-0.2, 0) is 16.0 Å². The van der Waals surface area contributed by atoms with Crippen molar-refractivity contribution in [2.45, 2.75) is 39.2 Å². The molecule has 3 aromatic rings. The minimum absolute atomic E-state index is 0.107. The average Bonchev–Trinajstić information content (AvgIpc) is 3.38. The highest BCUT2D eigenvalue weighted by molar-refractivity contribution is 7.14. The number of amides is 2. The molecule has 1 fully saturated rings. The number of aromatic nitrogens is 3. The molecule has 1 aromatic carbocycles. The highest BCUT2D eigenvalue weighted by Gasteiger charge is 2.25. The Morgan fingerprint density at radius 2 is 2.14 bits per heavy atom. The van der Waals surface area contributed by atoms with E-state index < -0.39 is 0 Å². The van der Waals surface area contributed by atoms with Crippen molar-refractivity contribution in [3.8, 4) is 0 Å². The minimum atomic E-state index is -0.210. The Hall–Kier alpha value is -2.74. The van der Waals surface area contributed by atoms with Gasteiger partial charge in [-0.1, -0.05) is 26.0 Å². The van der Waals surface area contributed by atoms with E-state index in [-0.39, 0.29) is 30.2 Å². The van der Waals surface area contributed by atoms with E-state index in [1.54, 1.807) is 4.90 Å². The van der Waals surface area contributed by atoms with E-state index in [4.69, 9.17) is 0 Å². The van der Waals surface area contributed by atoms with Crippen LogP contribution in [-0.4, -0.2) is 33.3 Å². The summed E-state index contributed by atoms with van der Waals surface area (Å²) in [7, 11) is 0. The van der Waals surface area contributed by atoms with Crippen LogP contribution in [0.15, 0.2) is 29.6 Å². The molecule has 0 bridgehead atoms. The largest absolute Gasteiger partial charge is 0.346 e. The summed E-state index contributed by atoms with van der Waals surface area (Å²) in [5.74, 6) is 0.933. The smallest absolute Gasteiger partial charge is 0.228 e. The third-order valence-corrected chi connectivity index (χ3v) is 5.78. The van der Waals surface area contributed by atoms with Crippen molar-refractivity contribution < 1.29 is 9.59 Å². The molecule has 8 heteroatoms. The van der Waals surface area contributed by atoms with Gasteiger partial charge in [0.2, 0.25) is 11.8 Å². The Labute approximate surface area is 167 Å². The molecule has 0 aliphatic carbocycles. The van der Waals surface area contributed by atoms with Gasteiger partial charge in [-0.05, 0) is 24.5 Å². The third kappa shape index (κ3) is 3.77. The van der Waals surface area contributed by atoms with Crippen molar-refractivity contribution in [2.24, 2.45) is 5.92 Å². The first-order valence-corrected chi connectivity index (χ1v) is 10.4. The van der Waals surface area contributed by atoms with Gasteiger partial charge < -0.3 is 10.3 Å². The van der Waals surface area contributed by atoms with Gasteiger partial charge in [-0.25, -0.2) is 9.97 Å². The van der Waals surface area contributed by atoms with Gasteiger partial charge in [0.15, 0.2) is 5.13 Å². The van der Waals surface area contributed by atoms with Gasteiger partial charge >= 0.3 is 0 Å². The monoisotopic (exact) mass is 397 g/mol. The first-order valence-electron chi connectivity index (χ1n) is 9.50. The maximum Gasteiger partial charge on any atom is 0.228 e. The number of para-hydroxylation sites is 2. The number of aromatic amines is 1. The minimum Gasteiger partial charge on any atom is -0.346 e. The molecule has 4 rings (SSSR count). The lowest BCUT2D eigenvalue weighted by atomic mass is 10.0. The van der Waals surface area contributed by atoms with E-state index >= 15 is 0 Å². The van der Waals surface area contributed by atoms with E-state index in [1.807, 2.05) is 29.6 Å². The molecule has 1 aliphatic rings. The fourth-order valence-electron chi connectivity index (χ4n) is 3.41. The highest BCUT2D eigenvalue weighted by Crippen LogP contribution is 2.26. The third-order valence-electron chi connectivity index (χ3n) is 4.87. The number of hydrogen-bond acceptors (Lipinski definition) is 5. The van der Waals surface area contributed by atoms with Crippen molar-refractivity contribution >= 4 is 39.3 Å². The molecule has 28 heavy (non-hydrogen) atoms. The Balaban J connectivity index is 1.45. The number of carbonyl (C=O) groups is 2. The van der Waals surface area contributed by atoms with Gasteiger partial charge in [-0.3, -0.25) is 14.5 Å².